The van der Waals surface area contributed by atoms with Crippen molar-refractivity contribution < 1.29 is 14.3 Å². The van der Waals surface area contributed by atoms with Crippen LogP contribution in [0, 0.1) is 0 Å². The molecule has 0 spiro atoms. The van der Waals surface area contributed by atoms with E-state index in [1.807, 2.05) is 0 Å². The molecule has 2 rings (SSSR count). The van der Waals surface area contributed by atoms with E-state index in [0.29, 0.717) is 27.2 Å². The van der Waals surface area contributed by atoms with Gasteiger partial charge in [-0.2, -0.15) is 0 Å². The highest BCUT2D eigenvalue weighted by atomic mass is 79.9. The molecule has 0 aliphatic heterocycles. The van der Waals surface area contributed by atoms with Gasteiger partial charge in [0.05, 0.1) is 25.5 Å². The number of carbonyl (C=O) groups is 1. The van der Waals surface area contributed by atoms with Crippen molar-refractivity contribution in [2.45, 2.75) is 0 Å². The lowest BCUT2D eigenvalue weighted by molar-refractivity contribution is 0.102. The molecule has 0 saturated carbocycles. The van der Waals surface area contributed by atoms with Crippen LogP contribution in [-0.2, 0) is 0 Å². The third-order valence-electron chi connectivity index (χ3n) is 2.70. The molecule has 0 aliphatic rings. The SMILES string of the molecule is COc1cccc(C(=O)Nc2cc(Br)cnc2Cl)c1OC. The summed E-state index contributed by atoms with van der Waals surface area (Å²) >= 11 is 9.23. The van der Waals surface area contributed by atoms with Gasteiger partial charge in [0.25, 0.3) is 5.91 Å². The molecular formula is C14H12BrClN2O3. The highest BCUT2D eigenvalue weighted by molar-refractivity contribution is 9.10. The minimum atomic E-state index is -0.368. The second-order valence-corrected chi connectivity index (χ2v) is 5.26. The first-order valence-corrected chi connectivity index (χ1v) is 7.07. The Balaban J connectivity index is 2.35. The summed E-state index contributed by atoms with van der Waals surface area (Å²) in [7, 11) is 2.98. The van der Waals surface area contributed by atoms with Gasteiger partial charge in [0.1, 0.15) is 0 Å². The van der Waals surface area contributed by atoms with E-state index in [1.165, 1.54) is 14.2 Å². The molecule has 2 aromatic rings. The van der Waals surface area contributed by atoms with Crippen molar-refractivity contribution in [3.63, 3.8) is 0 Å². The Morgan fingerprint density at radius 1 is 1.33 bits per heavy atom. The number of aromatic nitrogens is 1. The van der Waals surface area contributed by atoms with Gasteiger partial charge in [-0.3, -0.25) is 4.79 Å². The maximum atomic E-state index is 12.4. The Hall–Kier alpha value is -1.79. The van der Waals surface area contributed by atoms with E-state index in [9.17, 15) is 4.79 Å². The van der Waals surface area contributed by atoms with Crippen LogP contribution in [0.1, 0.15) is 10.4 Å². The topological polar surface area (TPSA) is 60.5 Å². The van der Waals surface area contributed by atoms with Crippen LogP contribution in [0.5, 0.6) is 11.5 Å². The molecule has 1 amide bonds. The second-order valence-electron chi connectivity index (χ2n) is 3.99. The van der Waals surface area contributed by atoms with Gasteiger partial charge in [-0.1, -0.05) is 17.7 Å². The van der Waals surface area contributed by atoms with E-state index < -0.39 is 0 Å². The highest BCUT2D eigenvalue weighted by Gasteiger charge is 2.17. The van der Waals surface area contributed by atoms with Crippen molar-refractivity contribution in [3.8, 4) is 11.5 Å². The van der Waals surface area contributed by atoms with Gasteiger partial charge in [0.2, 0.25) is 0 Å². The van der Waals surface area contributed by atoms with Gasteiger partial charge < -0.3 is 14.8 Å². The minimum absolute atomic E-state index is 0.202. The van der Waals surface area contributed by atoms with E-state index in [1.54, 1.807) is 30.5 Å². The molecule has 1 N–H and O–H groups in total. The predicted octanol–water partition coefficient (Wildman–Crippen LogP) is 3.77. The zero-order valence-electron chi connectivity index (χ0n) is 11.3. The van der Waals surface area contributed by atoms with Crippen LogP contribution < -0.4 is 14.8 Å². The minimum Gasteiger partial charge on any atom is -0.493 e. The number of para-hydroxylation sites is 1. The molecule has 0 unspecified atom stereocenters. The van der Waals surface area contributed by atoms with Crippen LogP contribution in [-0.4, -0.2) is 25.1 Å². The maximum absolute atomic E-state index is 12.4. The Labute approximate surface area is 135 Å². The first-order chi connectivity index (χ1) is 10.1. The van der Waals surface area contributed by atoms with Crippen LogP contribution in [0.3, 0.4) is 0 Å². The van der Waals surface area contributed by atoms with Crippen molar-refractivity contribution in [2.24, 2.45) is 0 Å². The summed E-state index contributed by atoms with van der Waals surface area (Å²) in [6.45, 7) is 0. The van der Waals surface area contributed by atoms with Crippen LogP contribution in [0.25, 0.3) is 0 Å². The van der Waals surface area contributed by atoms with Gasteiger partial charge in [-0.25, -0.2) is 4.98 Å². The summed E-state index contributed by atoms with van der Waals surface area (Å²) < 4.78 is 11.1. The molecule has 0 radical (unpaired) electrons. The molecule has 5 nitrogen and oxygen atoms in total. The average molecular weight is 372 g/mol. The van der Waals surface area contributed by atoms with Gasteiger partial charge in [0, 0.05) is 10.7 Å². The molecule has 0 saturated heterocycles. The van der Waals surface area contributed by atoms with Gasteiger partial charge in [0.15, 0.2) is 16.7 Å². The van der Waals surface area contributed by atoms with Crippen LogP contribution in [0.15, 0.2) is 34.9 Å². The van der Waals surface area contributed by atoms with Gasteiger partial charge in [-0.05, 0) is 34.1 Å². The summed E-state index contributed by atoms with van der Waals surface area (Å²) in [6, 6.07) is 6.72. The summed E-state index contributed by atoms with van der Waals surface area (Å²) in [5.41, 5.74) is 0.744. The highest BCUT2D eigenvalue weighted by Crippen LogP contribution is 2.32. The molecule has 0 atom stereocenters. The smallest absolute Gasteiger partial charge is 0.259 e. The molecule has 0 bridgehead atoms. The quantitative estimate of drug-likeness (QED) is 0.831. The van der Waals surface area contributed by atoms with Crippen molar-refractivity contribution in [1.29, 1.82) is 0 Å². The van der Waals surface area contributed by atoms with E-state index in [2.05, 4.69) is 26.2 Å². The number of ether oxygens (including phenoxy) is 2. The zero-order valence-corrected chi connectivity index (χ0v) is 13.7. The van der Waals surface area contributed by atoms with Crippen molar-refractivity contribution in [3.05, 3.63) is 45.7 Å². The fourth-order valence-corrected chi connectivity index (χ4v) is 2.25. The van der Waals surface area contributed by atoms with Crippen molar-refractivity contribution in [2.75, 3.05) is 19.5 Å². The molecule has 0 aliphatic carbocycles. The fraction of sp³-hybridized carbons (Fsp3) is 0.143. The largest absolute Gasteiger partial charge is 0.493 e. The predicted molar refractivity (Wildman–Crippen MR) is 84.4 cm³/mol. The summed E-state index contributed by atoms with van der Waals surface area (Å²) in [6.07, 6.45) is 1.55. The van der Waals surface area contributed by atoms with E-state index in [0.717, 1.165) is 0 Å². The third-order valence-corrected chi connectivity index (χ3v) is 3.44. The number of hydrogen-bond acceptors (Lipinski definition) is 4. The number of amides is 1. The molecule has 7 heteroatoms. The third kappa shape index (κ3) is 3.46. The van der Waals surface area contributed by atoms with Crippen molar-refractivity contribution >= 4 is 39.1 Å². The molecule has 110 valence electrons. The normalized spacial score (nSPS) is 10.1. The summed E-state index contributed by atoms with van der Waals surface area (Å²) in [5.74, 6) is 0.466. The molecule has 1 aromatic heterocycles. The molecule has 21 heavy (non-hydrogen) atoms. The van der Waals surface area contributed by atoms with Gasteiger partial charge in [-0.15, -0.1) is 0 Å². The number of nitrogens with one attached hydrogen (secondary N) is 1. The summed E-state index contributed by atoms with van der Waals surface area (Å²) in [4.78, 5) is 16.3. The lowest BCUT2D eigenvalue weighted by atomic mass is 10.1. The van der Waals surface area contributed by atoms with Gasteiger partial charge >= 0.3 is 0 Å². The number of rotatable bonds is 4. The number of carbonyl (C=O) groups excluding carboxylic acids is 1. The number of hydrogen-bond donors (Lipinski definition) is 1. The number of benzene rings is 1. The molecule has 1 aromatic carbocycles. The molecule has 0 fully saturated rings. The number of nitrogens with zero attached hydrogens (tertiary/aromatic N) is 1. The van der Waals surface area contributed by atoms with E-state index >= 15 is 0 Å². The van der Waals surface area contributed by atoms with E-state index in [4.69, 9.17) is 21.1 Å². The fourth-order valence-electron chi connectivity index (χ4n) is 1.77. The lowest BCUT2D eigenvalue weighted by Crippen LogP contribution is -2.14. The zero-order chi connectivity index (χ0) is 15.4. The molecule has 1 heterocycles. The number of anilines is 1. The maximum Gasteiger partial charge on any atom is 0.259 e. The first kappa shape index (κ1) is 15.6. The van der Waals surface area contributed by atoms with Crippen LogP contribution in [0.4, 0.5) is 5.69 Å². The van der Waals surface area contributed by atoms with Crippen LogP contribution >= 0.6 is 27.5 Å². The monoisotopic (exact) mass is 370 g/mol. The Morgan fingerprint density at radius 3 is 2.76 bits per heavy atom. The Kier molecular flexibility index (Phi) is 5.03. The number of pyridine rings is 1. The van der Waals surface area contributed by atoms with Crippen LogP contribution in [0.2, 0.25) is 5.15 Å². The van der Waals surface area contributed by atoms with E-state index in [-0.39, 0.29) is 11.1 Å². The standard InChI is InChI=1S/C14H12BrClN2O3/c1-20-11-5-3-4-9(12(11)21-2)14(19)18-10-6-8(15)7-17-13(10)16/h3-7H,1-2H3,(H,18,19). The lowest BCUT2D eigenvalue weighted by Gasteiger charge is -2.13. The van der Waals surface area contributed by atoms with Crippen molar-refractivity contribution in [1.82, 2.24) is 4.98 Å². The first-order valence-electron chi connectivity index (χ1n) is 5.90. The molecular weight excluding hydrogens is 360 g/mol. The average Bonchev–Trinajstić information content (AvgIpc) is 2.49. The number of methoxy groups -OCH3 is 2. The second kappa shape index (κ2) is 6.78. The summed E-state index contributed by atoms with van der Waals surface area (Å²) in [5, 5.41) is 2.90. The Bertz CT molecular complexity index is 679. The number of halogens is 2. The Morgan fingerprint density at radius 2 is 2.10 bits per heavy atom.